The predicted octanol–water partition coefficient (Wildman–Crippen LogP) is -7.49. The number of morpholine rings is 1. The fourth-order valence-electron chi connectivity index (χ4n) is 5.11. The van der Waals surface area contributed by atoms with Crippen molar-refractivity contribution in [1.82, 2.24) is 4.90 Å². The molecule has 4 aliphatic rings. The number of nitrogens with zero attached hydrogens (tertiary/aromatic N) is 2. The van der Waals surface area contributed by atoms with Crippen molar-refractivity contribution in [3.05, 3.63) is 23.3 Å². The summed E-state index contributed by atoms with van der Waals surface area (Å²) in [5, 5.41) is 32.1. The largest absolute Gasteiger partial charge is 1.00 e. The van der Waals surface area contributed by atoms with Gasteiger partial charge in [-0.2, -0.15) is 0 Å². The van der Waals surface area contributed by atoms with Crippen molar-refractivity contribution in [1.29, 1.82) is 0 Å². The molecule has 3 fully saturated rings. The van der Waals surface area contributed by atoms with Gasteiger partial charge in [-0.25, -0.2) is 0 Å². The van der Waals surface area contributed by atoms with Crippen molar-refractivity contribution in [2.24, 2.45) is 0 Å². The monoisotopic (exact) mass is 510 g/mol. The summed E-state index contributed by atoms with van der Waals surface area (Å²) < 4.78 is 17.7. The number of rotatable bonds is 5. The van der Waals surface area contributed by atoms with Gasteiger partial charge in [-0.05, 0) is 17.5 Å². The SMILES string of the molecule is C[N+]1(C)CCO[C@H](CC(=O)N2CC(Oc3ccc4c(c3C(=O)[O-])O[B-](O)(O)[C@@H]3C[C@H]43)C2)C1.[Na+].[Na+].[OH-]. The van der Waals surface area contributed by atoms with E-state index in [4.69, 9.17) is 14.1 Å². The second-order valence-corrected chi connectivity index (χ2v) is 10.1. The summed E-state index contributed by atoms with van der Waals surface area (Å²) in [6, 6.07) is 3.26. The molecule has 182 valence electrons. The molecule has 1 aromatic rings. The first kappa shape index (κ1) is 30.8. The van der Waals surface area contributed by atoms with Crippen LogP contribution in [0.2, 0.25) is 5.82 Å². The van der Waals surface area contributed by atoms with Gasteiger partial charge in [-0.3, -0.25) is 4.79 Å². The predicted molar refractivity (Wildman–Crippen MR) is 112 cm³/mol. The molecule has 1 aliphatic carbocycles. The molecule has 2 saturated heterocycles. The van der Waals surface area contributed by atoms with Crippen molar-refractivity contribution < 1.29 is 108 Å². The van der Waals surface area contributed by atoms with Gasteiger partial charge in [0.05, 0.1) is 57.5 Å². The van der Waals surface area contributed by atoms with Crippen molar-refractivity contribution >= 4 is 18.6 Å². The summed E-state index contributed by atoms with van der Waals surface area (Å²) >= 11 is 0. The van der Waals surface area contributed by atoms with Gasteiger partial charge in [0.1, 0.15) is 31.0 Å². The third kappa shape index (κ3) is 6.20. The molecule has 35 heavy (non-hydrogen) atoms. The van der Waals surface area contributed by atoms with Crippen LogP contribution in [0.3, 0.4) is 0 Å². The smallest absolute Gasteiger partial charge is 0.870 e. The Morgan fingerprint density at radius 3 is 2.57 bits per heavy atom. The van der Waals surface area contributed by atoms with Crippen LogP contribution in [0.1, 0.15) is 34.7 Å². The maximum atomic E-state index is 12.6. The van der Waals surface area contributed by atoms with E-state index in [0.717, 1.165) is 17.6 Å². The topological polar surface area (TPSA) is 159 Å². The number of amides is 1. The molecule has 3 N–H and O–H groups in total. The third-order valence-electron chi connectivity index (χ3n) is 7.09. The summed E-state index contributed by atoms with van der Waals surface area (Å²) in [5.41, 5.74) is 0.309. The van der Waals surface area contributed by atoms with E-state index in [1.54, 1.807) is 17.0 Å². The van der Waals surface area contributed by atoms with Crippen LogP contribution in [0.15, 0.2) is 12.1 Å². The summed E-state index contributed by atoms with van der Waals surface area (Å²) in [4.78, 5) is 26.1. The van der Waals surface area contributed by atoms with Crippen molar-refractivity contribution in [2.45, 2.75) is 36.8 Å². The molecule has 3 atom stereocenters. The van der Waals surface area contributed by atoms with E-state index in [1.165, 1.54) is 0 Å². The van der Waals surface area contributed by atoms with Gasteiger partial charge in [0.2, 0.25) is 5.91 Å². The Morgan fingerprint density at radius 2 is 1.94 bits per heavy atom. The number of likely N-dealkylation sites (N-methyl/N-ethyl adjacent to an activating group) is 1. The Balaban J connectivity index is 0.00000144. The Kier molecular flexibility index (Phi) is 9.84. The number of benzene rings is 1. The zero-order valence-electron chi connectivity index (χ0n) is 20.7. The number of ether oxygens (including phenoxy) is 2. The molecule has 14 heteroatoms. The van der Waals surface area contributed by atoms with E-state index in [9.17, 15) is 24.7 Å². The summed E-state index contributed by atoms with van der Waals surface area (Å²) in [5.74, 6) is -2.12. The van der Waals surface area contributed by atoms with Gasteiger partial charge in [0.15, 0.2) is 0 Å². The molecule has 3 aliphatic heterocycles. The van der Waals surface area contributed by atoms with E-state index in [2.05, 4.69) is 14.1 Å². The second kappa shape index (κ2) is 11.2. The van der Waals surface area contributed by atoms with Gasteiger partial charge in [0.25, 0.3) is 0 Å². The Labute approximate surface area is 248 Å². The van der Waals surface area contributed by atoms with Crippen molar-refractivity contribution in [2.75, 3.05) is 46.9 Å². The van der Waals surface area contributed by atoms with E-state index in [0.29, 0.717) is 38.1 Å². The van der Waals surface area contributed by atoms with Gasteiger partial charge >= 0.3 is 65.9 Å². The summed E-state index contributed by atoms with van der Waals surface area (Å²) in [6.45, 7) is -0.0953. The molecule has 0 spiro atoms. The number of likely N-dealkylation sites (tertiary alicyclic amines) is 1. The Hall–Kier alpha value is -0.375. The van der Waals surface area contributed by atoms with Crippen LogP contribution < -0.4 is 73.6 Å². The fraction of sp³-hybridized carbons (Fsp3) is 0.619. The number of carboxylic acids is 1. The number of carbonyl (C=O) groups is 2. The molecule has 0 radical (unpaired) electrons. The van der Waals surface area contributed by atoms with Crippen LogP contribution in [0.4, 0.5) is 0 Å². The zero-order chi connectivity index (χ0) is 22.8. The van der Waals surface area contributed by atoms with Gasteiger partial charge in [-0.15, -0.1) is 0 Å². The molecule has 3 heterocycles. The molecule has 0 unspecified atom stereocenters. The average Bonchev–Trinajstić information content (AvgIpc) is 3.44. The van der Waals surface area contributed by atoms with E-state index in [-0.39, 0.29) is 106 Å². The molecule has 1 saturated carbocycles. The number of carboxylic acid groups (broad SMARTS) is 1. The average molecular weight is 510 g/mol. The minimum atomic E-state index is -3.11. The van der Waals surface area contributed by atoms with Gasteiger partial charge in [-0.1, -0.05) is 18.3 Å². The minimum absolute atomic E-state index is 0. The van der Waals surface area contributed by atoms with Crippen molar-refractivity contribution in [3.8, 4) is 11.5 Å². The standard InChI is InChI=1S/C21H29BN2O8.2Na.H2O/c1-24(2)5-6-30-12(11-24)7-18(25)23-9-13(10-23)31-17-4-3-14-15-8-16(15)22(28,29)32-20(14)19(17)21(26)27;;;/h3-4,12-13,15-16,28-29H,5-11H2,1-2H3,(H,26,27);;;1H2/q;2*+1;/p-2/t12-,15-,16-;;;/m1.../s1. The van der Waals surface area contributed by atoms with Crippen LogP contribution in [-0.4, -0.2) is 103 Å². The molecule has 0 aromatic heterocycles. The molecular weight excluding hydrogens is 481 g/mol. The quantitative estimate of drug-likeness (QED) is 0.290. The number of aromatic carboxylic acids is 1. The summed E-state index contributed by atoms with van der Waals surface area (Å²) in [7, 11) is 4.24. The number of hydrogen-bond donors (Lipinski definition) is 2. The normalized spacial score (nSPS) is 27.2. The number of hydrogen-bond acceptors (Lipinski definition) is 9. The van der Waals surface area contributed by atoms with Gasteiger partial charge in [0, 0.05) is 0 Å². The molecule has 0 bridgehead atoms. The van der Waals surface area contributed by atoms with Crippen LogP contribution >= 0.6 is 0 Å². The first-order valence-corrected chi connectivity index (χ1v) is 11.1. The first-order valence-electron chi connectivity index (χ1n) is 11.1. The molecule has 5 rings (SSSR count). The maximum absolute atomic E-state index is 12.6. The second-order valence-electron chi connectivity index (χ2n) is 10.1. The molecular formula is C21H29BN2Na2O9. The van der Waals surface area contributed by atoms with Gasteiger partial charge < -0.3 is 48.9 Å². The molecule has 1 amide bonds. The number of quaternary nitrogens is 1. The van der Waals surface area contributed by atoms with Crippen LogP contribution in [0.25, 0.3) is 0 Å². The Morgan fingerprint density at radius 1 is 1.26 bits per heavy atom. The fourth-order valence-corrected chi connectivity index (χ4v) is 5.11. The molecule has 11 nitrogen and oxygen atoms in total. The van der Waals surface area contributed by atoms with Crippen LogP contribution in [0.5, 0.6) is 11.5 Å². The van der Waals surface area contributed by atoms with E-state index >= 15 is 0 Å². The van der Waals surface area contributed by atoms with E-state index < -0.39 is 18.5 Å². The van der Waals surface area contributed by atoms with Crippen LogP contribution in [-0.2, 0) is 9.53 Å². The van der Waals surface area contributed by atoms with Crippen molar-refractivity contribution in [3.63, 3.8) is 0 Å². The summed E-state index contributed by atoms with van der Waals surface area (Å²) in [6.07, 6.45) is 0.363. The maximum Gasteiger partial charge on any atom is 1.00 e. The zero-order valence-corrected chi connectivity index (χ0v) is 24.7. The molecule has 1 aromatic carbocycles. The first-order chi connectivity index (χ1) is 15.0. The Bertz CT molecular complexity index is 974. The van der Waals surface area contributed by atoms with E-state index in [1.807, 2.05) is 0 Å². The van der Waals surface area contributed by atoms with Crippen LogP contribution in [0, 0.1) is 0 Å². The minimum Gasteiger partial charge on any atom is -0.870 e. The number of fused-ring (bicyclic) bond motifs is 3. The third-order valence-corrected chi connectivity index (χ3v) is 7.09. The number of carbonyl (C=O) groups excluding carboxylic acids is 2.